The van der Waals surface area contributed by atoms with Crippen LogP contribution in [0.25, 0.3) is 0 Å². The molecule has 1 aliphatic rings. The molecule has 1 N–H and O–H groups in total. The van der Waals surface area contributed by atoms with Gasteiger partial charge in [0.1, 0.15) is 12.4 Å². The Morgan fingerprint density at radius 1 is 1.23 bits per heavy atom. The highest BCUT2D eigenvalue weighted by Gasteiger charge is 2.28. The lowest BCUT2D eigenvalue weighted by Gasteiger charge is -2.24. The Morgan fingerprint density at radius 2 is 2.00 bits per heavy atom. The highest BCUT2D eigenvalue weighted by Crippen LogP contribution is 2.33. The number of anilines is 1. The van der Waals surface area contributed by atoms with E-state index in [1.54, 1.807) is 24.3 Å². The van der Waals surface area contributed by atoms with Gasteiger partial charge < -0.3 is 19.4 Å². The van der Waals surface area contributed by atoms with Gasteiger partial charge >= 0.3 is 0 Å². The highest BCUT2D eigenvalue weighted by molar-refractivity contribution is 5.95. The van der Waals surface area contributed by atoms with Crippen LogP contribution in [0.15, 0.2) is 65.3 Å². The van der Waals surface area contributed by atoms with E-state index in [4.69, 9.17) is 9.15 Å². The van der Waals surface area contributed by atoms with Gasteiger partial charge in [0.25, 0.3) is 5.91 Å². The van der Waals surface area contributed by atoms with Crippen LogP contribution in [0.2, 0.25) is 0 Å². The zero-order valence-corrected chi connectivity index (χ0v) is 17.1. The van der Waals surface area contributed by atoms with E-state index in [2.05, 4.69) is 29.3 Å². The number of hydrogen-bond acceptors (Lipinski definition) is 4. The molecule has 0 spiro atoms. The van der Waals surface area contributed by atoms with Gasteiger partial charge in [0.15, 0.2) is 11.6 Å². The average molecular weight is 408 g/mol. The van der Waals surface area contributed by atoms with E-state index in [0.29, 0.717) is 23.9 Å². The average Bonchev–Trinajstić information content (AvgIpc) is 3.32. The van der Waals surface area contributed by atoms with Gasteiger partial charge in [-0.1, -0.05) is 30.3 Å². The van der Waals surface area contributed by atoms with Crippen molar-refractivity contribution in [2.75, 3.05) is 11.5 Å². The molecule has 6 heteroatoms. The molecule has 2 aromatic carbocycles. The molecule has 2 heterocycles. The summed E-state index contributed by atoms with van der Waals surface area (Å²) in [6.45, 7) is 4.67. The Bertz CT molecular complexity index is 1030. The van der Waals surface area contributed by atoms with Crippen LogP contribution >= 0.6 is 0 Å². The molecule has 1 aromatic heterocycles. The van der Waals surface area contributed by atoms with Gasteiger partial charge in [-0.25, -0.2) is 4.39 Å². The molecular formula is C24H25FN2O3. The van der Waals surface area contributed by atoms with Crippen molar-refractivity contribution < 1.29 is 18.3 Å². The lowest BCUT2D eigenvalue weighted by molar-refractivity contribution is 0.0924. The maximum absolute atomic E-state index is 13.7. The summed E-state index contributed by atoms with van der Waals surface area (Å²) in [4.78, 5) is 15.1. The van der Waals surface area contributed by atoms with Gasteiger partial charge in [-0.05, 0) is 50.1 Å². The van der Waals surface area contributed by atoms with Crippen LogP contribution in [0.4, 0.5) is 10.1 Å². The zero-order valence-electron chi connectivity index (χ0n) is 17.1. The number of rotatable bonds is 7. The van der Waals surface area contributed by atoms with Gasteiger partial charge in [0.2, 0.25) is 0 Å². The minimum Gasteiger partial charge on any atom is -0.488 e. The minimum absolute atomic E-state index is 0.163. The van der Waals surface area contributed by atoms with Crippen molar-refractivity contribution >= 4 is 11.6 Å². The second-order valence-electron chi connectivity index (χ2n) is 7.68. The predicted molar refractivity (Wildman–Crippen MR) is 113 cm³/mol. The summed E-state index contributed by atoms with van der Waals surface area (Å²) in [6, 6.07) is 16.2. The Hall–Kier alpha value is -3.28. The van der Waals surface area contributed by atoms with E-state index < -0.39 is 5.82 Å². The van der Waals surface area contributed by atoms with Gasteiger partial charge in [-0.3, -0.25) is 4.79 Å². The predicted octanol–water partition coefficient (Wildman–Crippen LogP) is 4.57. The van der Waals surface area contributed by atoms with Crippen molar-refractivity contribution in [3.05, 3.63) is 83.6 Å². The summed E-state index contributed by atoms with van der Waals surface area (Å²) < 4.78 is 24.8. The van der Waals surface area contributed by atoms with Crippen molar-refractivity contribution in [3.63, 3.8) is 0 Å². The van der Waals surface area contributed by atoms with Crippen molar-refractivity contribution in [2.24, 2.45) is 0 Å². The van der Waals surface area contributed by atoms with E-state index >= 15 is 0 Å². The van der Waals surface area contributed by atoms with Crippen LogP contribution in [-0.4, -0.2) is 24.6 Å². The van der Waals surface area contributed by atoms with Crippen molar-refractivity contribution in [3.8, 4) is 5.75 Å². The molecular weight excluding hydrogens is 383 g/mol. The number of carbonyl (C=O) groups excluding carboxylic acids is 1. The number of halogens is 1. The number of para-hydroxylation sites is 2. The topological polar surface area (TPSA) is 54.7 Å². The Labute approximate surface area is 175 Å². The summed E-state index contributed by atoms with van der Waals surface area (Å²) in [7, 11) is 0. The van der Waals surface area contributed by atoms with Crippen LogP contribution in [0.3, 0.4) is 0 Å². The van der Waals surface area contributed by atoms with Crippen LogP contribution < -0.4 is 15.0 Å². The first-order valence-corrected chi connectivity index (χ1v) is 10.1. The molecule has 30 heavy (non-hydrogen) atoms. The molecule has 0 saturated carbocycles. The van der Waals surface area contributed by atoms with E-state index in [1.807, 2.05) is 19.1 Å². The van der Waals surface area contributed by atoms with Crippen LogP contribution in [-0.2, 0) is 13.0 Å². The molecule has 5 nitrogen and oxygen atoms in total. The number of fused-ring (bicyclic) bond motifs is 1. The largest absolute Gasteiger partial charge is 0.488 e. The molecule has 0 aliphatic carbocycles. The van der Waals surface area contributed by atoms with Gasteiger partial charge in [0, 0.05) is 11.7 Å². The molecule has 0 bridgehead atoms. The molecule has 1 aliphatic heterocycles. The summed E-state index contributed by atoms with van der Waals surface area (Å²) in [5, 5.41) is 2.90. The number of amides is 1. The molecule has 3 aromatic rings. The monoisotopic (exact) mass is 408 g/mol. The number of carbonyl (C=O) groups is 1. The fourth-order valence-corrected chi connectivity index (χ4v) is 3.81. The lowest BCUT2D eigenvalue weighted by atomic mass is 10.1. The quantitative estimate of drug-likeness (QED) is 0.622. The van der Waals surface area contributed by atoms with Crippen molar-refractivity contribution in [1.82, 2.24) is 5.32 Å². The first-order chi connectivity index (χ1) is 14.5. The van der Waals surface area contributed by atoms with E-state index in [1.165, 1.54) is 23.6 Å². The standard InChI is InChI=1S/C24H25FN2O3/c1-16(15-30-22-10-6-4-8-20(22)25)26-24(28)19-11-12-29-23(19)14-27-17(2)13-18-7-3-5-9-21(18)27/h3-12,16-17H,13-15H2,1-2H3,(H,26,28). The second-order valence-corrected chi connectivity index (χ2v) is 7.68. The SMILES string of the molecule is CC(COc1ccccc1F)NC(=O)c1ccoc1CN1c2ccccc2CC1C. The zero-order chi connectivity index (χ0) is 21.1. The Kier molecular flexibility index (Phi) is 5.74. The van der Waals surface area contributed by atoms with Gasteiger partial charge in [0.05, 0.1) is 24.4 Å². The number of nitrogens with zero attached hydrogens (tertiary/aromatic N) is 1. The summed E-state index contributed by atoms with van der Waals surface area (Å²) in [6.07, 6.45) is 2.51. The van der Waals surface area contributed by atoms with Crippen LogP contribution in [0.1, 0.15) is 35.5 Å². The minimum atomic E-state index is -0.423. The number of furan rings is 1. The third-order valence-corrected chi connectivity index (χ3v) is 5.36. The van der Waals surface area contributed by atoms with Crippen molar-refractivity contribution in [2.45, 2.75) is 38.9 Å². The van der Waals surface area contributed by atoms with E-state index in [-0.39, 0.29) is 24.3 Å². The van der Waals surface area contributed by atoms with Crippen LogP contribution in [0.5, 0.6) is 5.75 Å². The maximum Gasteiger partial charge on any atom is 0.255 e. The second kappa shape index (κ2) is 8.61. The summed E-state index contributed by atoms with van der Waals surface area (Å²) >= 11 is 0. The van der Waals surface area contributed by atoms with Gasteiger partial charge in [-0.2, -0.15) is 0 Å². The maximum atomic E-state index is 13.7. The normalized spacial score (nSPS) is 16.2. The molecule has 0 radical (unpaired) electrons. The van der Waals surface area contributed by atoms with E-state index in [9.17, 15) is 9.18 Å². The number of hydrogen-bond donors (Lipinski definition) is 1. The first kappa shape index (κ1) is 20.0. The molecule has 2 unspecified atom stereocenters. The van der Waals surface area contributed by atoms with E-state index in [0.717, 1.165) is 6.42 Å². The molecule has 2 atom stereocenters. The smallest absolute Gasteiger partial charge is 0.255 e. The van der Waals surface area contributed by atoms with Crippen molar-refractivity contribution in [1.29, 1.82) is 0 Å². The Morgan fingerprint density at radius 3 is 2.83 bits per heavy atom. The van der Waals surface area contributed by atoms with Gasteiger partial charge in [-0.15, -0.1) is 0 Å². The third-order valence-electron chi connectivity index (χ3n) is 5.36. The molecule has 1 amide bonds. The van der Waals surface area contributed by atoms with Crippen LogP contribution in [0, 0.1) is 5.82 Å². The number of ether oxygens (including phenoxy) is 1. The highest BCUT2D eigenvalue weighted by atomic mass is 19.1. The fourth-order valence-electron chi connectivity index (χ4n) is 3.81. The lowest BCUT2D eigenvalue weighted by Crippen LogP contribution is -2.37. The molecule has 0 fully saturated rings. The molecule has 0 saturated heterocycles. The summed E-state index contributed by atoms with van der Waals surface area (Å²) in [5.41, 5.74) is 2.99. The molecule has 156 valence electrons. The molecule has 4 rings (SSSR count). The summed E-state index contributed by atoms with van der Waals surface area (Å²) in [5.74, 6) is 0.138. The number of nitrogens with one attached hydrogen (secondary N) is 1. The fraction of sp³-hybridized carbons (Fsp3) is 0.292. The Balaban J connectivity index is 1.39. The first-order valence-electron chi connectivity index (χ1n) is 10.1. The number of benzene rings is 2. The third kappa shape index (κ3) is 4.17.